The van der Waals surface area contributed by atoms with E-state index < -0.39 is 0 Å². The predicted octanol–water partition coefficient (Wildman–Crippen LogP) is 1.66. The summed E-state index contributed by atoms with van der Waals surface area (Å²) >= 11 is 0. The van der Waals surface area contributed by atoms with Crippen molar-refractivity contribution in [3.8, 4) is 23.1 Å². The number of ether oxygens (including phenoxy) is 4. The molecule has 0 spiro atoms. The van der Waals surface area contributed by atoms with E-state index in [1.54, 1.807) is 26.5 Å². The van der Waals surface area contributed by atoms with Crippen molar-refractivity contribution < 1.29 is 18.9 Å². The first-order valence-electron chi connectivity index (χ1n) is 5.25. The molecule has 0 aromatic carbocycles. The zero-order chi connectivity index (χ0) is 13.1. The molecule has 0 aliphatic heterocycles. The number of hydrogen-bond acceptors (Lipinski definition) is 6. The quantitative estimate of drug-likeness (QED) is 0.822. The molecule has 0 N–H and O–H groups in total. The second kappa shape index (κ2) is 4.95. The van der Waals surface area contributed by atoms with Crippen LogP contribution in [-0.2, 0) is 0 Å². The summed E-state index contributed by atoms with van der Waals surface area (Å²) < 4.78 is 21.1. The maximum Gasteiger partial charge on any atom is 0.262 e. The van der Waals surface area contributed by atoms with Crippen molar-refractivity contribution in [1.82, 2.24) is 9.97 Å². The van der Waals surface area contributed by atoms with E-state index in [4.69, 9.17) is 18.9 Å². The molecule has 0 atom stereocenters. The van der Waals surface area contributed by atoms with Crippen LogP contribution < -0.4 is 18.9 Å². The molecule has 2 heterocycles. The van der Waals surface area contributed by atoms with Crippen LogP contribution in [-0.4, -0.2) is 38.4 Å². The van der Waals surface area contributed by atoms with Crippen LogP contribution in [0.5, 0.6) is 23.1 Å². The molecule has 0 unspecified atom stereocenters. The fraction of sp³-hybridized carbons (Fsp3) is 0.333. The Balaban J connectivity index is 2.88. The largest absolute Gasteiger partial charge is 0.496 e. The van der Waals surface area contributed by atoms with E-state index in [9.17, 15) is 0 Å². The van der Waals surface area contributed by atoms with Crippen LogP contribution in [0.25, 0.3) is 11.0 Å². The summed E-state index contributed by atoms with van der Waals surface area (Å²) in [4.78, 5) is 8.44. The lowest BCUT2D eigenvalue weighted by molar-refractivity contribution is 0.318. The third kappa shape index (κ3) is 1.75. The number of pyridine rings is 2. The average molecular weight is 250 g/mol. The van der Waals surface area contributed by atoms with Crippen LogP contribution >= 0.6 is 0 Å². The first-order valence-corrected chi connectivity index (χ1v) is 5.25. The van der Waals surface area contributed by atoms with Crippen LogP contribution in [0.4, 0.5) is 0 Å². The number of aromatic nitrogens is 2. The molecule has 0 fully saturated rings. The molecule has 0 aliphatic rings. The van der Waals surface area contributed by atoms with Crippen LogP contribution in [0.15, 0.2) is 12.3 Å². The zero-order valence-corrected chi connectivity index (χ0v) is 10.7. The summed E-state index contributed by atoms with van der Waals surface area (Å²) in [6.45, 7) is 0. The summed E-state index contributed by atoms with van der Waals surface area (Å²) in [6.07, 6.45) is 1.61. The van der Waals surface area contributed by atoms with Gasteiger partial charge in [-0.05, 0) is 6.07 Å². The number of hydrogen-bond donors (Lipinski definition) is 0. The molecule has 6 heteroatoms. The van der Waals surface area contributed by atoms with Gasteiger partial charge in [-0.15, -0.1) is 0 Å². The molecular weight excluding hydrogens is 236 g/mol. The highest BCUT2D eigenvalue weighted by Crippen LogP contribution is 2.43. The van der Waals surface area contributed by atoms with Gasteiger partial charge in [-0.25, -0.2) is 4.98 Å². The Labute approximate surface area is 104 Å². The van der Waals surface area contributed by atoms with Gasteiger partial charge >= 0.3 is 0 Å². The molecule has 0 radical (unpaired) electrons. The van der Waals surface area contributed by atoms with Gasteiger partial charge in [0.25, 0.3) is 5.88 Å². The minimum atomic E-state index is 0.322. The molecule has 2 aromatic rings. The Kier molecular flexibility index (Phi) is 3.36. The third-order valence-corrected chi connectivity index (χ3v) is 2.55. The second-order valence-corrected chi connectivity index (χ2v) is 3.40. The number of nitrogens with zero attached hydrogens (tertiary/aromatic N) is 2. The van der Waals surface area contributed by atoms with Crippen LogP contribution in [0.3, 0.4) is 0 Å². The van der Waals surface area contributed by atoms with E-state index in [0.717, 1.165) is 0 Å². The van der Waals surface area contributed by atoms with Crippen molar-refractivity contribution in [2.45, 2.75) is 0 Å². The lowest BCUT2D eigenvalue weighted by Crippen LogP contribution is -2.00. The Morgan fingerprint density at radius 2 is 1.61 bits per heavy atom. The summed E-state index contributed by atoms with van der Waals surface area (Å²) in [5.41, 5.74) is 0.476. The smallest absolute Gasteiger partial charge is 0.262 e. The van der Waals surface area contributed by atoms with Gasteiger partial charge in [-0.1, -0.05) is 0 Å². The number of fused-ring (bicyclic) bond motifs is 1. The van der Waals surface area contributed by atoms with Crippen molar-refractivity contribution in [1.29, 1.82) is 0 Å². The second-order valence-electron chi connectivity index (χ2n) is 3.40. The van der Waals surface area contributed by atoms with Gasteiger partial charge in [0.2, 0.25) is 5.75 Å². The highest BCUT2D eigenvalue weighted by Gasteiger charge is 2.20. The standard InChI is InChI=1S/C12H14N2O4/c1-15-7-5-6-13-11-8(7)9(16-2)10(17-3)12(14-11)18-4/h5-6H,1-4H3. The van der Waals surface area contributed by atoms with Gasteiger partial charge in [0.1, 0.15) is 11.1 Å². The summed E-state index contributed by atoms with van der Waals surface area (Å²) in [6, 6.07) is 1.73. The van der Waals surface area contributed by atoms with Gasteiger partial charge in [0.15, 0.2) is 11.4 Å². The third-order valence-electron chi connectivity index (χ3n) is 2.55. The summed E-state index contributed by atoms with van der Waals surface area (Å²) in [5.74, 6) is 1.84. The molecule has 0 bridgehead atoms. The molecule has 96 valence electrons. The topological polar surface area (TPSA) is 62.7 Å². The SMILES string of the molecule is COc1nc2nccc(OC)c2c(OC)c1OC. The molecule has 0 saturated heterocycles. The molecule has 6 nitrogen and oxygen atoms in total. The fourth-order valence-electron chi connectivity index (χ4n) is 1.77. The maximum atomic E-state index is 5.37. The van der Waals surface area contributed by atoms with E-state index in [1.807, 2.05) is 0 Å². The van der Waals surface area contributed by atoms with Crippen molar-refractivity contribution in [3.05, 3.63) is 12.3 Å². The molecule has 18 heavy (non-hydrogen) atoms. The van der Waals surface area contributed by atoms with Gasteiger partial charge in [0, 0.05) is 6.20 Å². The van der Waals surface area contributed by atoms with Gasteiger partial charge in [-0.3, -0.25) is 0 Å². The van der Waals surface area contributed by atoms with Crippen molar-refractivity contribution in [2.75, 3.05) is 28.4 Å². The molecule has 0 amide bonds. The molecule has 2 aromatic heterocycles. The number of methoxy groups -OCH3 is 4. The van der Waals surface area contributed by atoms with Gasteiger partial charge in [0.05, 0.1) is 28.4 Å². The van der Waals surface area contributed by atoms with E-state index in [-0.39, 0.29) is 0 Å². The lowest BCUT2D eigenvalue weighted by Gasteiger charge is -2.14. The Hall–Kier alpha value is -2.24. The monoisotopic (exact) mass is 250 g/mol. The van der Waals surface area contributed by atoms with E-state index >= 15 is 0 Å². The van der Waals surface area contributed by atoms with Crippen LogP contribution in [0.2, 0.25) is 0 Å². The first-order chi connectivity index (χ1) is 8.76. The van der Waals surface area contributed by atoms with Crippen molar-refractivity contribution in [3.63, 3.8) is 0 Å². The Bertz CT molecular complexity index is 571. The highest BCUT2D eigenvalue weighted by atomic mass is 16.5. The Morgan fingerprint density at radius 3 is 2.17 bits per heavy atom. The summed E-state index contributed by atoms with van der Waals surface area (Å²) in [5, 5.41) is 0.653. The van der Waals surface area contributed by atoms with Crippen molar-refractivity contribution in [2.24, 2.45) is 0 Å². The normalized spacial score (nSPS) is 10.2. The van der Waals surface area contributed by atoms with Gasteiger partial charge in [-0.2, -0.15) is 4.98 Å². The van der Waals surface area contributed by atoms with Crippen LogP contribution in [0, 0.1) is 0 Å². The Morgan fingerprint density at radius 1 is 0.889 bits per heavy atom. The minimum Gasteiger partial charge on any atom is -0.496 e. The zero-order valence-electron chi connectivity index (χ0n) is 10.7. The number of rotatable bonds is 4. The van der Waals surface area contributed by atoms with Crippen LogP contribution in [0.1, 0.15) is 0 Å². The summed E-state index contributed by atoms with van der Waals surface area (Å²) in [7, 11) is 6.15. The van der Waals surface area contributed by atoms with E-state index in [0.29, 0.717) is 34.2 Å². The predicted molar refractivity (Wildman–Crippen MR) is 65.7 cm³/mol. The fourth-order valence-corrected chi connectivity index (χ4v) is 1.77. The average Bonchev–Trinajstić information content (AvgIpc) is 2.43. The maximum absolute atomic E-state index is 5.37. The molecule has 2 rings (SSSR count). The lowest BCUT2D eigenvalue weighted by atomic mass is 10.2. The molecule has 0 saturated carbocycles. The molecular formula is C12H14N2O4. The first kappa shape index (κ1) is 12.2. The van der Waals surface area contributed by atoms with Crippen molar-refractivity contribution >= 4 is 11.0 Å². The minimum absolute atomic E-state index is 0.322. The van der Waals surface area contributed by atoms with E-state index in [2.05, 4.69) is 9.97 Å². The van der Waals surface area contributed by atoms with Gasteiger partial charge < -0.3 is 18.9 Å². The molecule has 0 aliphatic carbocycles. The van der Waals surface area contributed by atoms with E-state index in [1.165, 1.54) is 14.2 Å². The highest BCUT2D eigenvalue weighted by molar-refractivity contribution is 5.91.